The van der Waals surface area contributed by atoms with Crippen molar-refractivity contribution in [2.75, 3.05) is 5.32 Å². The number of hydrogen-bond donors (Lipinski definition) is 2. The van der Waals surface area contributed by atoms with Crippen LogP contribution in [0.5, 0.6) is 0 Å². The van der Waals surface area contributed by atoms with Gasteiger partial charge in [0.1, 0.15) is 0 Å². The van der Waals surface area contributed by atoms with Crippen LogP contribution < -0.4 is 11.1 Å². The maximum absolute atomic E-state index is 12.4. The van der Waals surface area contributed by atoms with Crippen LogP contribution in [0.25, 0.3) is 0 Å². The van der Waals surface area contributed by atoms with Gasteiger partial charge in [-0.15, -0.1) is 0 Å². The number of nitrogens with one attached hydrogen (secondary N) is 1. The molecule has 0 radical (unpaired) electrons. The van der Waals surface area contributed by atoms with E-state index in [1.54, 1.807) is 12.1 Å². The van der Waals surface area contributed by atoms with Gasteiger partial charge < -0.3 is 15.8 Å². The number of ether oxygens (including phenoxy) is 1. The molecule has 0 unspecified atom stereocenters. The summed E-state index contributed by atoms with van der Waals surface area (Å²) in [7, 11) is 0. The molecule has 0 heterocycles. The van der Waals surface area contributed by atoms with Crippen LogP contribution in [0.3, 0.4) is 0 Å². The Morgan fingerprint density at radius 3 is 2.19 bits per heavy atom. The number of esters is 1. The summed E-state index contributed by atoms with van der Waals surface area (Å²) in [4.78, 5) is 35.7. The normalized spacial score (nSPS) is 12.7. The highest BCUT2D eigenvalue weighted by atomic mass is 16.5. The average molecular weight is 354 g/mol. The zero-order valence-electron chi connectivity index (χ0n) is 14.8. The van der Waals surface area contributed by atoms with Gasteiger partial charge in [-0.2, -0.15) is 0 Å². The predicted octanol–water partition coefficient (Wildman–Crippen LogP) is 2.85. The number of carbonyl (C=O) groups is 3. The second-order valence-electron chi connectivity index (χ2n) is 5.88. The number of nitrogens with two attached hydrogens (primary N) is 1. The van der Waals surface area contributed by atoms with Crippen molar-refractivity contribution < 1.29 is 19.1 Å². The lowest BCUT2D eigenvalue weighted by molar-refractivity contribution is -0.154. The third-order valence-electron chi connectivity index (χ3n) is 3.99. The molecule has 2 aromatic rings. The smallest absolute Gasteiger partial charge is 0.314 e. The third kappa shape index (κ3) is 4.92. The molecule has 0 spiro atoms. The molecular weight excluding hydrogens is 332 g/mol. The number of rotatable bonds is 7. The van der Waals surface area contributed by atoms with Gasteiger partial charge in [0.15, 0.2) is 6.10 Å². The molecule has 26 heavy (non-hydrogen) atoms. The highest BCUT2D eigenvalue weighted by Crippen LogP contribution is 2.21. The van der Waals surface area contributed by atoms with E-state index in [2.05, 4.69) is 5.32 Å². The lowest BCUT2D eigenvalue weighted by atomic mass is 9.97. The first kappa shape index (κ1) is 19.2. The first-order valence-corrected chi connectivity index (χ1v) is 8.38. The van der Waals surface area contributed by atoms with Crippen molar-refractivity contribution in [1.29, 1.82) is 0 Å². The number of anilines is 1. The largest absolute Gasteiger partial charge is 0.452 e. The van der Waals surface area contributed by atoms with Gasteiger partial charge in [-0.1, -0.05) is 37.3 Å². The van der Waals surface area contributed by atoms with Gasteiger partial charge in [-0.25, -0.2) is 0 Å². The third-order valence-corrected chi connectivity index (χ3v) is 3.99. The fourth-order valence-corrected chi connectivity index (χ4v) is 2.50. The van der Waals surface area contributed by atoms with Crippen LogP contribution in [0.2, 0.25) is 0 Å². The summed E-state index contributed by atoms with van der Waals surface area (Å²) >= 11 is 0. The molecule has 6 nitrogen and oxygen atoms in total. The number of amides is 2. The van der Waals surface area contributed by atoms with Crippen molar-refractivity contribution in [1.82, 2.24) is 0 Å². The minimum absolute atomic E-state index is 0.344. The molecule has 0 aliphatic carbocycles. The summed E-state index contributed by atoms with van der Waals surface area (Å²) in [6.07, 6.45) is -0.373. The van der Waals surface area contributed by atoms with Gasteiger partial charge in [0, 0.05) is 11.3 Å². The van der Waals surface area contributed by atoms with Crippen LogP contribution in [0, 0.1) is 0 Å². The molecule has 2 amide bonds. The predicted molar refractivity (Wildman–Crippen MR) is 98.6 cm³/mol. The average Bonchev–Trinajstić information content (AvgIpc) is 2.63. The molecule has 0 bridgehead atoms. The lowest BCUT2D eigenvalue weighted by Gasteiger charge is -2.18. The maximum Gasteiger partial charge on any atom is 0.314 e. The Morgan fingerprint density at radius 1 is 1.04 bits per heavy atom. The summed E-state index contributed by atoms with van der Waals surface area (Å²) in [5.41, 5.74) is 6.86. The van der Waals surface area contributed by atoms with Crippen molar-refractivity contribution in [3.63, 3.8) is 0 Å². The van der Waals surface area contributed by atoms with Crippen LogP contribution in [-0.4, -0.2) is 23.9 Å². The zero-order chi connectivity index (χ0) is 19.1. The molecular formula is C20H22N2O4. The molecule has 0 saturated heterocycles. The molecule has 136 valence electrons. The van der Waals surface area contributed by atoms with E-state index in [4.69, 9.17) is 10.5 Å². The van der Waals surface area contributed by atoms with Gasteiger partial charge in [-0.05, 0) is 43.2 Å². The zero-order valence-corrected chi connectivity index (χ0v) is 14.8. The van der Waals surface area contributed by atoms with E-state index in [-0.39, 0.29) is 0 Å². The Balaban J connectivity index is 1.97. The van der Waals surface area contributed by atoms with E-state index in [1.165, 1.54) is 19.1 Å². The first-order chi connectivity index (χ1) is 12.4. The molecule has 2 aromatic carbocycles. The van der Waals surface area contributed by atoms with Crippen molar-refractivity contribution in [2.24, 2.45) is 5.73 Å². The molecule has 2 rings (SSSR count). The number of primary amides is 1. The van der Waals surface area contributed by atoms with Gasteiger partial charge in [-0.3, -0.25) is 14.4 Å². The van der Waals surface area contributed by atoms with Gasteiger partial charge in [0.05, 0.1) is 5.92 Å². The summed E-state index contributed by atoms with van der Waals surface area (Å²) in [6.45, 7) is 3.41. The van der Waals surface area contributed by atoms with Crippen molar-refractivity contribution in [3.05, 3.63) is 65.7 Å². The summed E-state index contributed by atoms with van der Waals surface area (Å²) in [5.74, 6) is -1.85. The minimum atomic E-state index is -0.948. The standard InChI is InChI=1S/C20H22N2O4/c1-3-17(14-7-5-4-6-8-14)20(25)26-13(2)19(24)22-16-11-9-15(10-12-16)18(21)23/h4-13,17H,3H2,1-2H3,(H2,21,23)(H,22,24)/t13-,17-/m0/s1. The van der Waals surface area contributed by atoms with Crippen molar-refractivity contribution in [2.45, 2.75) is 32.3 Å². The summed E-state index contributed by atoms with van der Waals surface area (Å²) in [5, 5.41) is 2.64. The van der Waals surface area contributed by atoms with Crippen LogP contribution in [0.15, 0.2) is 54.6 Å². The van der Waals surface area contributed by atoms with E-state index >= 15 is 0 Å². The van der Waals surface area contributed by atoms with E-state index in [9.17, 15) is 14.4 Å². The summed E-state index contributed by atoms with van der Waals surface area (Å²) in [6, 6.07) is 15.5. The Kier molecular flexibility index (Phi) is 6.49. The van der Waals surface area contributed by atoms with Crippen LogP contribution in [-0.2, 0) is 14.3 Å². The molecule has 2 atom stereocenters. The topological polar surface area (TPSA) is 98.5 Å². The highest BCUT2D eigenvalue weighted by Gasteiger charge is 2.25. The van der Waals surface area contributed by atoms with E-state index in [1.807, 2.05) is 37.3 Å². The quantitative estimate of drug-likeness (QED) is 0.747. The molecule has 6 heteroatoms. The maximum atomic E-state index is 12.4. The van der Waals surface area contributed by atoms with Gasteiger partial charge in [0.2, 0.25) is 5.91 Å². The number of carbonyl (C=O) groups excluding carboxylic acids is 3. The molecule has 0 fully saturated rings. The molecule has 3 N–H and O–H groups in total. The van der Waals surface area contributed by atoms with Gasteiger partial charge >= 0.3 is 5.97 Å². The van der Waals surface area contributed by atoms with Gasteiger partial charge in [0.25, 0.3) is 5.91 Å². The Morgan fingerprint density at radius 2 is 1.65 bits per heavy atom. The van der Waals surface area contributed by atoms with Crippen LogP contribution in [0.4, 0.5) is 5.69 Å². The van der Waals surface area contributed by atoms with Crippen molar-refractivity contribution >= 4 is 23.5 Å². The second kappa shape index (κ2) is 8.80. The first-order valence-electron chi connectivity index (χ1n) is 8.38. The molecule has 0 aliphatic heterocycles. The molecule has 0 aliphatic rings. The molecule has 0 aromatic heterocycles. The van der Waals surface area contributed by atoms with E-state index < -0.39 is 29.8 Å². The minimum Gasteiger partial charge on any atom is -0.452 e. The van der Waals surface area contributed by atoms with Crippen molar-refractivity contribution in [3.8, 4) is 0 Å². The Labute approximate surface area is 152 Å². The second-order valence-corrected chi connectivity index (χ2v) is 5.88. The highest BCUT2D eigenvalue weighted by molar-refractivity contribution is 5.97. The van der Waals surface area contributed by atoms with Crippen LogP contribution in [0.1, 0.15) is 42.1 Å². The fraction of sp³-hybridized carbons (Fsp3) is 0.250. The molecule has 0 saturated carbocycles. The monoisotopic (exact) mass is 354 g/mol. The SMILES string of the molecule is CC[C@H](C(=O)O[C@@H](C)C(=O)Nc1ccc(C(N)=O)cc1)c1ccccc1. The Bertz CT molecular complexity index is 772. The number of benzene rings is 2. The summed E-state index contributed by atoms with van der Waals surface area (Å²) < 4.78 is 5.33. The number of hydrogen-bond acceptors (Lipinski definition) is 4. The van der Waals surface area contributed by atoms with Crippen LogP contribution >= 0.6 is 0 Å². The lowest BCUT2D eigenvalue weighted by Crippen LogP contribution is -2.31. The van der Waals surface area contributed by atoms with E-state index in [0.717, 1.165) is 5.56 Å². The van der Waals surface area contributed by atoms with E-state index in [0.29, 0.717) is 17.7 Å². The Hall–Kier alpha value is -3.15. The fourth-order valence-electron chi connectivity index (χ4n) is 2.50.